The van der Waals surface area contributed by atoms with Gasteiger partial charge in [0.2, 0.25) is 0 Å². The van der Waals surface area contributed by atoms with E-state index in [1.54, 1.807) is 6.07 Å². The van der Waals surface area contributed by atoms with Crippen LogP contribution in [0.15, 0.2) is 24.4 Å². The summed E-state index contributed by atoms with van der Waals surface area (Å²) in [6.07, 6.45) is 0.284. The molecule has 0 aliphatic heterocycles. The van der Waals surface area contributed by atoms with Gasteiger partial charge in [-0.05, 0) is 46.4 Å². The summed E-state index contributed by atoms with van der Waals surface area (Å²) in [5.74, 6) is -1.59. The summed E-state index contributed by atoms with van der Waals surface area (Å²) in [4.78, 5) is 15.8. The van der Waals surface area contributed by atoms with E-state index in [-0.39, 0.29) is 23.4 Å². The predicted octanol–water partition coefficient (Wildman–Crippen LogP) is 3.62. The number of H-pyrrole nitrogens is 1. The Bertz CT molecular complexity index is 921. The van der Waals surface area contributed by atoms with E-state index in [2.05, 4.69) is 15.2 Å². The Hall–Kier alpha value is -2.30. The van der Waals surface area contributed by atoms with Crippen molar-refractivity contribution in [1.82, 2.24) is 20.1 Å². The topological polar surface area (TPSA) is 82.1 Å². The summed E-state index contributed by atoms with van der Waals surface area (Å²) in [7, 11) is 1.32. The summed E-state index contributed by atoms with van der Waals surface area (Å²) < 4.78 is 29.5. The molecular formula is C15H11F2IN4O2. The average molecular weight is 444 g/mol. The van der Waals surface area contributed by atoms with Gasteiger partial charge in [0, 0.05) is 19.0 Å². The second kappa shape index (κ2) is 6.30. The van der Waals surface area contributed by atoms with Gasteiger partial charge >= 0.3 is 6.09 Å². The van der Waals surface area contributed by atoms with Crippen molar-refractivity contribution in [2.75, 3.05) is 7.05 Å². The molecule has 1 amide bonds. The molecule has 0 saturated heterocycles. The number of benzene rings is 1. The first kappa shape index (κ1) is 16.6. The molecule has 124 valence electrons. The predicted molar refractivity (Wildman–Crippen MR) is 91.4 cm³/mol. The Morgan fingerprint density at radius 1 is 1.33 bits per heavy atom. The molecule has 0 aliphatic carbocycles. The normalized spacial score (nSPS) is 11.0. The number of nitrogens with one attached hydrogen (secondary N) is 1. The standard InChI is InChI=1S/C15H11F2IN4O2/c1-22(15(23)24)6-7-2-9(16)13(10(17)3-7)11-4-8-12(5-19-11)20-21-14(8)18/h2-5H,6H2,1H3,(H,20,21)(H,23,24). The SMILES string of the molecule is CN(Cc1cc(F)c(-c2cc3c(I)n[nH]c3cn2)c(F)c1)C(=O)O. The summed E-state index contributed by atoms with van der Waals surface area (Å²) in [6.45, 7) is -0.116. The minimum Gasteiger partial charge on any atom is -0.465 e. The van der Waals surface area contributed by atoms with Gasteiger partial charge in [0.25, 0.3) is 0 Å². The number of aromatic amines is 1. The van der Waals surface area contributed by atoms with E-state index in [1.807, 2.05) is 22.6 Å². The van der Waals surface area contributed by atoms with E-state index in [1.165, 1.54) is 13.2 Å². The molecule has 0 aliphatic rings. The molecule has 0 bridgehead atoms. The van der Waals surface area contributed by atoms with Crippen LogP contribution in [0.5, 0.6) is 0 Å². The fourth-order valence-corrected chi connectivity index (χ4v) is 2.89. The lowest BCUT2D eigenvalue weighted by Crippen LogP contribution is -2.24. The molecular weight excluding hydrogens is 433 g/mol. The van der Waals surface area contributed by atoms with Gasteiger partial charge in [-0.25, -0.2) is 13.6 Å². The van der Waals surface area contributed by atoms with E-state index >= 15 is 0 Å². The van der Waals surface area contributed by atoms with Crippen LogP contribution in [0.4, 0.5) is 13.6 Å². The van der Waals surface area contributed by atoms with Gasteiger partial charge < -0.3 is 10.0 Å². The maximum atomic E-state index is 14.4. The largest absolute Gasteiger partial charge is 0.465 e. The summed E-state index contributed by atoms with van der Waals surface area (Å²) >= 11 is 2.01. The highest BCUT2D eigenvalue weighted by atomic mass is 127. The molecule has 6 nitrogen and oxygen atoms in total. The molecule has 0 spiro atoms. The Morgan fingerprint density at radius 3 is 2.62 bits per heavy atom. The maximum absolute atomic E-state index is 14.4. The van der Waals surface area contributed by atoms with Crippen molar-refractivity contribution in [3.63, 3.8) is 0 Å². The lowest BCUT2D eigenvalue weighted by atomic mass is 10.1. The molecule has 3 aromatic rings. The van der Waals surface area contributed by atoms with Gasteiger partial charge in [0.15, 0.2) is 0 Å². The molecule has 2 aromatic heterocycles. The fraction of sp³-hybridized carbons (Fsp3) is 0.133. The van der Waals surface area contributed by atoms with Crippen molar-refractivity contribution in [3.8, 4) is 11.3 Å². The van der Waals surface area contributed by atoms with Crippen molar-refractivity contribution < 1.29 is 18.7 Å². The second-order valence-electron chi connectivity index (χ2n) is 5.20. The van der Waals surface area contributed by atoms with Gasteiger partial charge in [0.1, 0.15) is 15.3 Å². The van der Waals surface area contributed by atoms with Gasteiger partial charge in [-0.15, -0.1) is 0 Å². The second-order valence-corrected chi connectivity index (χ2v) is 6.22. The van der Waals surface area contributed by atoms with Crippen LogP contribution in [0.3, 0.4) is 0 Å². The molecule has 0 saturated carbocycles. The number of carbonyl (C=O) groups is 1. The van der Waals surface area contributed by atoms with Gasteiger partial charge in [-0.2, -0.15) is 5.10 Å². The first-order valence-electron chi connectivity index (χ1n) is 6.79. The third kappa shape index (κ3) is 3.03. The first-order chi connectivity index (χ1) is 11.4. The number of nitrogens with zero attached hydrogens (tertiary/aromatic N) is 3. The molecule has 0 atom stereocenters. The van der Waals surface area contributed by atoms with Crippen molar-refractivity contribution in [2.24, 2.45) is 0 Å². The zero-order valence-electron chi connectivity index (χ0n) is 12.3. The third-order valence-electron chi connectivity index (χ3n) is 3.51. The van der Waals surface area contributed by atoms with Gasteiger partial charge in [-0.1, -0.05) is 0 Å². The number of carboxylic acid groups (broad SMARTS) is 1. The number of hydrogen-bond acceptors (Lipinski definition) is 3. The van der Waals surface area contributed by atoms with Crippen molar-refractivity contribution in [3.05, 3.63) is 45.3 Å². The molecule has 9 heteroatoms. The fourth-order valence-electron chi connectivity index (χ4n) is 2.32. The number of pyridine rings is 1. The Balaban J connectivity index is 2.04. The van der Waals surface area contributed by atoms with E-state index in [9.17, 15) is 13.6 Å². The van der Waals surface area contributed by atoms with E-state index in [4.69, 9.17) is 5.11 Å². The number of fused-ring (bicyclic) bond motifs is 1. The van der Waals surface area contributed by atoms with Crippen LogP contribution in [-0.2, 0) is 6.54 Å². The molecule has 24 heavy (non-hydrogen) atoms. The van der Waals surface area contributed by atoms with E-state index in [0.29, 0.717) is 14.6 Å². The van der Waals surface area contributed by atoms with E-state index < -0.39 is 17.7 Å². The summed E-state index contributed by atoms with van der Waals surface area (Å²) in [6, 6.07) is 3.79. The molecule has 3 rings (SSSR count). The van der Waals surface area contributed by atoms with Crippen molar-refractivity contribution >= 4 is 39.6 Å². The van der Waals surface area contributed by atoms with E-state index in [0.717, 1.165) is 17.0 Å². The van der Waals surface area contributed by atoms with Crippen LogP contribution in [0.1, 0.15) is 5.56 Å². The minimum absolute atomic E-state index is 0.116. The number of hydrogen-bond donors (Lipinski definition) is 2. The molecule has 0 fully saturated rings. The van der Waals surface area contributed by atoms with Crippen LogP contribution in [-0.4, -0.2) is 38.3 Å². The van der Waals surface area contributed by atoms with Crippen LogP contribution in [0, 0.1) is 15.3 Å². The Kier molecular flexibility index (Phi) is 4.35. The summed E-state index contributed by atoms with van der Waals surface area (Å²) in [5.41, 5.74) is 0.784. The average Bonchev–Trinajstić information content (AvgIpc) is 2.87. The van der Waals surface area contributed by atoms with Crippen LogP contribution in [0.2, 0.25) is 0 Å². The highest BCUT2D eigenvalue weighted by Gasteiger charge is 2.17. The number of aromatic nitrogens is 3. The van der Waals surface area contributed by atoms with Crippen LogP contribution in [0.25, 0.3) is 22.2 Å². The lowest BCUT2D eigenvalue weighted by molar-refractivity contribution is 0.153. The van der Waals surface area contributed by atoms with Crippen molar-refractivity contribution in [2.45, 2.75) is 6.54 Å². The monoisotopic (exact) mass is 444 g/mol. The highest BCUT2D eigenvalue weighted by molar-refractivity contribution is 14.1. The van der Waals surface area contributed by atoms with Gasteiger partial charge in [0.05, 0.1) is 23.0 Å². The first-order valence-corrected chi connectivity index (χ1v) is 7.86. The molecule has 2 heterocycles. The molecule has 1 aromatic carbocycles. The molecule has 0 radical (unpaired) electrons. The maximum Gasteiger partial charge on any atom is 0.407 e. The Labute approximate surface area is 148 Å². The molecule has 2 N–H and O–H groups in total. The lowest BCUT2D eigenvalue weighted by Gasteiger charge is -2.14. The zero-order chi connectivity index (χ0) is 17.4. The third-order valence-corrected chi connectivity index (χ3v) is 4.33. The number of rotatable bonds is 3. The minimum atomic E-state index is -1.18. The number of amides is 1. The summed E-state index contributed by atoms with van der Waals surface area (Å²) in [5, 5.41) is 16.3. The quantitative estimate of drug-likeness (QED) is 0.605. The highest BCUT2D eigenvalue weighted by Crippen LogP contribution is 2.29. The number of halogens is 3. The zero-order valence-corrected chi connectivity index (χ0v) is 14.5. The van der Waals surface area contributed by atoms with Crippen molar-refractivity contribution in [1.29, 1.82) is 0 Å². The Morgan fingerprint density at radius 2 is 2.00 bits per heavy atom. The smallest absolute Gasteiger partial charge is 0.407 e. The van der Waals surface area contributed by atoms with Gasteiger partial charge in [-0.3, -0.25) is 10.1 Å². The molecule has 0 unspecified atom stereocenters. The van der Waals surface area contributed by atoms with Crippen LogP contribution < -0.4 is 0 Å². The van der Waals surface area contributed by atoms with Crippen LogP contribution >= 0.6 is 22.6 Å².